The maximum Gasteiger partial charge on any atom is 0.340 e. The average molecular weight is 273 g/mol. The Bertz CT molecular complexity index is 452. The van der Waals surface area contributed by atoms with E-state index in [9.17, 15) is 13.6 Å². The highest BCUT2D eigenvalue weighted by atomic mass is 19.1. The lowest BCUT2D eigenvalue weighted by Crippen LogP contribution is -2.17. The smallest absolute Gasteiger partial charge is 0.340 e. The van der Waals surface area contributed by atoms with Crippen molar-refractivity contribution in [3.05, 3.63) is 29.3 Å². The number of halogens is 2. The Morgan fingerprint density at radius 3 is 2.58 bits per heavy atom. The fourth-order valence-electron chi connectivity index (χ4n) is 1.58. The van der Waals surface area contributed by atoms with Crippen LogP contribution in [0, 0.1) is 17.6 Å². The van der Waals surface area contributed by atoms with Crippen molar-refractivity contribution in [1.82, 2.24) is 0 Å². The van der Waals surface area contributed by atoms with Gasteiger partial charge in [0.25, 0.3) is 0 Å². The molecule has 106 valence electrons. The molecule has 1 atom stereocenters. The summed E-state index contributed by atoms with van der Waals surface area (Å²) in [4.78, 5) is 11.3. The van der Waals surface area contributed by atoms with Crippen LogP contribution < -0.4 is 5.32 Å². The molecule has 0 aromatic heterocycles. The fraction of sp³-hybridized carbons (Fsp3) is 0.462. The zero-order valence-electron chi connectivity index (χ0n) is 11.1. The predicted octanol–water partition coefficient (Wildman–Crippen LogP) is 2.45. The molecule has 0 radical (unpaired) electrons. The van der Waals surface area contributed by atoms with Gasteiger partial charge >= 0.3 is 5.97 Å². The maximum absolute atomic E-state index is 13.5. The lowest BCUT2D eigenvalue weighted by atomic mass is 10.1. The Morgan fingerprint density at radius 1 is 1.32 bits per heavy atom. The SMILES string of the molecule is COCC(C)CNc1cc(C(=O)OC)c(F)cc1F. The van der Waals surface area contributed by atoms with Crippen molar-refractivity contribution in [2.75, 3.05) is 32.7 Å². The van der Waals surface area contributed by atoms with Gasteiger partial charge in [0.1, 0.15) is 11.6 Å². The largest absolute Gasteiger partial charge is 0.465 e. The van der Waals surface area contributed by atoms with Crippen molar-refractivity contribution in [2.45, 2.75) is 6.92 Å². The van der Waals surface area contributed by atoms with Crippen molar-refractivity contribution >= 4 is 11.7 Å². The van der Waals surface area contributed by atoms with Crippen molar-refractivity contribution in [2.24, 2.45) is 5.92 Å². The van der Waals surface area contributed by atoms with Gasteiger partial charge in [0.05, 0.1) is 25.0 Å². The van der Waals surface area contributed by atoms with Crippen LogP contribution in [0.1, 0.15) is 17.3 Å². The van der Waals surface area contributed by atoms with Gasteiger partial charge in [-0.2, -0.15) is 0 Å². The lowest BCUT2D eigenvalue weighted by Gasteiger charge is -2.14. The van der Waals surface area contributed by atoms with Gasteiger partial charge in [-0.25, -0.2) is 13.6 Å². The molecule has 0 bridgehead atoms. The van der Waals surface area contributed by atoms with Crippen molar-refractivity contribution in [3.8, 4) is 0 Å². The first kappa shape index (κ1) is 15.4. The topological polar surface area (TPSA) is 47.6 Å². The molecule has 0 saturated heterocycles. The van der Waals surface area contributed by atoms with Crippen LogP contribution in [-0.4, -0.2) is 33.3 Å². The molecule has 0 aliphatic rings. The molecule has 1 aromatic rings. The van der Waals surface area contributed by atoms with Gasteiger partial charge in [-0.1, -0.05) is 6.92 Å². The zero-order valence-corrected chi connectivity index (χ0v) is 11.1. The molecular weight excluding hydrogens is 256 g/mol. The second kappa shape index (κ2) is 7.04. The van der Waals surface area contributed by atoms with Gasteiger partial charge in [0.15, 0.2) is 0 Å². The predicted molar refractivity (Wildman–Crippen MR) is 67.2 cm³/mol. The van der Waals surface area contributed by atoms with E-state index in [-0.39, 0.29) is 17.2 Å². The molecule has 4 nitrogen and oxygen atoms in total. The molecule has 0 fully saturated rings. The summed E-state index contributed by atoms with van der Waals surface area (Å²) < 4.78 is 36.3. The first-order valence-electron chi connectivity index (χ1n) is 5.79. The van der Waals surface area contributed by atoms with Gasteiger partial charge in [-0.05, 0) is 12.0 Å². The fourth-order valence-corrected chi connectivity index (χ4v) is 1.58. The van der Waals surface area contributed by atoms with Crippen LogP contribution in [0.15, 0.2) is 12.1 Å². The third-order valence-electron chi connectivity index (χ3n) is 2.55. The van der Waals surface area contributed by atoms with Crippen molar-refractivity contribution in [1.29, 1.82) is 0 Å². The number of esters is 1. The molecule has 1 aromatic carbocycles. The first-order chi connectivity index (χ1) is 8.99. The number of ether oxygens (including phenoxy) is 2. The Morgan fingerprint density at radius 2 is 2.00 bits per heavy atom. The third-order valence-corrected chi connectivity index (χ3v) is 2.55. The van der Waals surface area contributed by atoms with Crippen LogP contribution in [0.3, 0.4) is 0 Å². The van der Waals surface area contributed by atoms with E-state index in [0.717, 1.165) is 13.2 Å². The second-order valence-corrected chi connectivity index (χ2v) is 4.24. The van der Waals surface area contributed by atoms with E-state index in [2.05, 4.69) is 10.1 Å². The van der Waals surface area contributed by atoms with E-state index >= 15 is 0 Å². The molecule has 1 N–H and O–H groups in total. The quantitative estimate of drug-likeness (QED) is 0.809. The van der Waals surface area contributed by atoms with Gasteiger partial charge in [-0.3, -0.25) is 0 Å². The van der Waals surface area contributed by atoms with E-state index in [4.69, 9.17) is 4.74 Å². The summed E-state index contributed by atoms with van der Waals surface area (Å²) in [6, 6.07) is 1.77. The second-order valence-electron chi connectivity index (χ2n) is 4.24. The number of carbonyl (C=O) groups is 1. The van der Waals surface area contributed by atoms with Crippen LogP contribution >= 0.6 is 0 Å². The summed E-state index contributed by atoms with van der Waals surface area (Å²) in [5, 5.41) is 2.81. The summed E-state index contributed by atoms with van der Waals surface area (Å²) in [5.74, 6) is -2.39. The van der Waals surface area contributed by atoms with Crippen molar-refractivity contribution in [3.63, 3.8) is 0 Å². The Kier molecular flexibility index (Phi) is 5.69. The van der Waals surface area contributed by atoms with Crippen LogP contribution in [0.5, 0.6) is 0 Å². The number of benzene rings is 1. The maximum atomic E-state index is 13.5. The van der Waals surface area contributed by atoms with Crippen LogP contribution in [0.25, 0.3) is 0 Å². The van der Waals surface area contributed by atoms with Gasteiger partial charge in [-0.15, -0.1) is 0 Å². The molecule has 1 rings (SSSR count). The molecule has 0 saturated carbocycles. The minimum atomic E-state index is -0.945. The molecule has 0 aliphatic carbocycles. The summed E-state index contributed by atoms with van der Waals surface area (Å²) in [7, 11) is 2.71. The van der Waals surface area contributed by atoms with Crippen LogP contribution in [0.4, 0.5) is 14.5 Å². The molecule has 6 heteroatoms. The van der Waals surface area contributed by atoms with Crippen LogP contribution in [-0.2, 0) is 9.47 Å². The van der Waals surface area contributed by atoms with Crippen LogP contribution in [0.2, 0.25) is 0 Å². The van der Waals surface area contributed by atoms with E-state index in [1.165, 1.54) is 0 Å². The van der Waals surface area contributed by atoms with Gasteiger partial charge < -0.3 is 14.8 Å². The summed E-state index contributed by atoms with van der Waals surface area (Å²) in [6.45, 7) is 2.87. The monoisotopic (exact) mass is 273 g/mol. The number of rotatable bonds is 6. The summed E-state index contributed by atoms with van der Waals surface area (Å²) in [5.41, 5.74) is -0.240. The molecule has 19 heavy (non-hydrogen) atoms. The molecule has 0 heterocycles. The van der Waals surface area contributed by atoms with Gasteiger partial charge in [0, 0.05) is 19.7 Å². The molecule has 0 spiro atoms. The molecule has 0 aliphatic heterocycles. The molecule has 1 unspecified atom stereocenters. The number of hydrogen-bond donors (Lipinski definition) is 1. The number of anilines is 1. The number of nitrogens with one attached hydrogen (secondary N) is 1. The minimum Gasteiger partial charge on any atom is -0.465 e. The highest BCUT2D eigenvalue weighted by molar-refractivity contribution is 5.90. The number of carbonyl (C=O) groups excluding carboxylic acids is 1. The first-order valence-corrected chi connectivity index (χ1v) is 5.79. The summed E-state index contributed by atoms with van der Waals surface area (Å²) in [6.07, 6.45) is 0. The third kappa shape index (κ3) is 4.17. The van der Waals surface area contributed by atoms with Crippen molar-refractivity contribution < 1.29 is 23.0 Å². The van der Waals surface area contributed by atoms with E-state index in [0.29, 0.717) is 19.2 Å². The molecular formula is C13H17F2NO3. The average Bonchev–Trinajstić information content (AvgIpc) is 2.37. The summed E-state index contributed by atoms with van der Waals surface area (Å²) >= 11 is 0. The zero-order chi connectivity index (χ0) is 14.4. The Hall–Kier alpha value is -1.69. The van der Waals surface area contributed by atoms with E-state index in [1.54, 1.807) is 7.11 Å². The minimum absolute atomic E-state index is 0.0600. The van der Waals surface area contributed by atoms with E-state index in [1.807, 2.05) is 6.92 Å². The van der Waals surface area contributed by atoms with E-state index < -0.39 is 17.6 Å². The lowest BCUT2D eigenvalue weighted by molar-refractivity contribution is 0.0595. The standard InChI is InChI=1S/C13H17F2NO3/c1-8(7-18-2)6-16-12-4-9(13(17)19-3)10(14)5-11(12)15/h4-5,8,16H,6-7H2,1-3H3. The highest BCUT2D eigenvalue weighted by Gasteiger charge is 2.16. The Labute approximate surface area is 110 Å². The number of methoxy groups -OCH3 is 2. The molecule has 0 amide bonds. The number of hydrogen-bond acceptors (Lipinski definition) is 4. The Balaban J connectivity index is 2.86. The normalized spacial score (nSPS) is 12.1. The highest BCUT2D eigenvalue weighted by Crippen LogP contribution is 2.20. The van der Waals surface area contributed by atoms with Gasteiger partial charge in [0.2, 0.25) is 0 Å².